The lowest BCUT2D eigenvalue weighted by Crippen LogP contribution is -2.20. The molecule has 0 aliphatic heterocycles. The van der Waals surface area contributed by atoms with Crippen molar-refractivity contribution in [3.63, 3.8) is 0 Å². The smallest absolute Gasteiger partial charge is 0.176 e. The first-order chi connectivity index (χ1) is 15.5. The zero-order valence-electron chi connectivity index (χ0n) is 18.7. The van der Waals surface area contributed by atoms with Gasteiger partial charge in [-0.15, -0.1) is 0 Å². The van der Waals surface area contributed by atoms with Crippen LogP contribution in [0, 0.1) is 23.5 Å². The normalized spacial score (nSPS) is 18.2. The van der Waals surface area contributed by atoms with Gasteiger partial charge < -0.3 is 9.47 Å². The predicted octanol–water partition coefficient (Wildman–Crippen LogP) is 6.64. The van der Waals surface area contributed by atoms with Crippen LogP contribution in [0.15, 0.2) is 24.3 Å². The van der Waals surface area contributed by atoms with Gasteiger partial charge in [0.1, 0.15) is 0 Å². The SMILES string of the molecule is CCCC1CCC(COc2ccc(-c3ccc(OCC)c(F)c3C=O)c(C=O)c2F)CC1. The molecule has 2 aromatic carbocycles. The number of hydrogen-bond acceptors (Lipinski definition) is 4. The molecule has 4 nitrogen and oxygen atoms in total. The van der Waals surface area contributed by atoms with E-state index in [4.69, 9.17) is 9.47 Å². The van der Waals surface area contributed by atoms with Crippen molar-refractivity contribution in [3.8, 4) is 22.6 Å². The van der Waals surface area contributed by atoms with E-state index >= 15 is 4.39 Å². The van der Waals surface area contributed by atoms with E-state index in [1.165, 1.54) is 49.9 Å². The Bertz CT molecular complexity index is 949. The first kappa shape index (κ1) is 23.9. The Morgan fingerprint density at radius 2 is 1.31 bits per heavy atom. The fourth-order valence-electron chi connectivity index (χ4n) is 4.53. The zero-order valence-corrected chi connectivity index (χ0v) is 18.7. The minimum absolute atomic E-state index is 0.00871. The van der Waals surface area contributed by atoms with Gasteiger partial charge in [-0.2, -0.15) is 0 Å². The number of benzene rings is 2. The molecule has 2 aromatic rings. The van der Waals surface area contributed by atoms with Crippen molar-refractivity contribution in [1.82, 2.24) is 0 Å². The van der Waals surface area contributed by atoms with Crippen LogP contribution in [0.2, 0.25) is 0 Å². The lowest BCUT2D eigenvalue weighted by atomic mass is 9.80. The van der Waals surface area contributed by atoms with Gasteiger partial charge in [-0.3, -0.25) is 9.59 Å². The number of rotatable bonds is 10. The van der Waals surface area contributed by atoms with E-state index < -0.39 is 11.6 Å². The molecule has 1 aliphatic carbocycles. The van der Waals surface area contributed by atoms with Crippen LogP contribution in [0.4, 0.5) is 8.78 Å². The molecular weight excluding hydrogens is 414 g/mol. The summed E-state index contributed by atoms with van der Waals surface area (Å²) in [5.74, 6) is -0.580. The maximum atomic E-state index is 15.1. The number of aldehydes is 2. The maximum Gasteiger partial charge on any atom is 0.176 e. The third kappa shape index (κ3) is 5.17. The maximum absolute atomic E-state index is 15.1. The first-order valence-electron chi connectivity index (χ1n) is 11.3. The quantitative estimate of drug-likeness (QED) is 0.386. The second kappa shape index (κ2) is 11.2. The summed E-state index contributed by atoms with van der Waals surface area (Å²) in [6.07, 6.45) is 7.61. The Balaban J connectivity index is 1.81. The highest BCUT2D eigenvalue weighted by Gasteiger charge is 2.24. The van der Waals surface area contributed by atoms with Crippen LogP contribution in [0.5, 0.6) is 11.5 Å². The number of halogens is 2. The Kier molecular flexibility index (Phi) is 8.37. The minimum Gasteiger partial charge on any atom is -0.491 e. The van der Waals surface area contributed by atoms with Gasteiger partial charge in [0.25, 0.3) is 0 Å². The summed E-state index contributed by atoms with van der Waals surface area (Å²) in [5, 5.41) is 0. The van der Waals surface area contributed by atoms with Crippen LogP contribution in [0.25, 0.3) is 11.1 Å². The summed E-state index contributed by atoms with van der Waals surface area (Å²) in [6.45, 7) is 4.52. The van der Waals surface area contributed by atoms with Gasteiger partial charge in [0, 0.05) is 0 Å². The van der Waals surface area contributed by atoms with Gasteiger partial charge in [-0.1, -0.05) is 32.6 Å². The second-order valence-electron chi connectivity index (χ2n) is 8.33. The molecule has 3 rings (SSSR count). The van der Waals surface area contributed by atoms with E-state index in [1.807, 2.05) is 0 Å². The molecule has 0 aromatic heterocycles. The molecule has 0 N–H and O–H groups in total. The van der Waals surface area contributed by atoms with Gasteiger partial charge in [0.15, 0.2) is 35.7 Å². The molecule has 0 atom stereocenters. The minimum atomic E-state index is -0.837. The number of hydrogen-bond donors (Lipinski definition) is 0. The number of carbonyl (C=O) groups excluding carboxylic acids is 2. The highest BCUT2D eigenvalue weighted by molar-refractivity contribution is 5.95. The summed E-state index contributed by atoms with van der Waals surface area (Å²) in [6, 6.07) is 5.74. The largest absolute Gasteiger partial charge is 0.491 e. The predicted molar refractivity (Wildman–Crippen MR) is 120 cm³/mol. The molecule has 0 spiro atoms. The van der Waals surface area contributed by atoms with E-state index in [0.29, 0.717) is 25.1 Å². The van der Waals surface area contributed by atoms with Gasteiger partial charge >= 0.3 is 0 Å². The van der Waals surface area contributed by atoms with Crippen molar-refractivity contribution in [2.45, 2.75) is 52.4 Å². The average molecular weight is 445 g/mol. The second-order valence-corrected chi connectivity index (χ2v) is 8.33. The molecule has 1 aliphatic rings. The Morgan fingerprint density at radius 3 is 1.78 bits per heavy atom. The third-order valence-electron chi connectivity index (χ3n) is 6.25. The van der Waals surface area contributed by atoms with Crippen LogP contribution >= 0.6 is 0 Å². The van der Waals surface area contributed by atoms with E-state index in [9.17, 15) is 14.0 Å². The van der Waals surface area contributed by atoms with Gasteiger partial charge in [-0.25, -0.2) is 8.78 Å². The molecule has 1 fully saturated rings. The van der Waals surface area contributed by atoms with E-state index in [1.54, 1.807) is 6.92 Å². The topological polar surface area (TPSA) is 52.6 Å². The Labute approximate surface area is 187 Å². The van der Waals surface area contributed by atoms with Gasteiger partial charge in [-0.05, 0) is 67.0 Å². The van der Waals surface area contributed by atoms with Crippen molar-refractivity contribution >= 4 is 12.6 Å². The highest BCUT2D eigenvalue weighted by Crippen LogP contribution is 2.36. The lowest BCUT2D eigenvalue weighted by molar-refractivity contribution is 0.110. The molecule has 0 bridgehead atoms. The average Bonchev–Trinajstić information content (AvgIpc) is 2.80. The van der Waals surface area contributed by atoms with Crippen molar-refractivity contribution in [1.29, 1.82) is 0 Å². The van der Waals surface area contributed by atoms with E-state index in [-0.39, 0.29) is 40.4 Å². The summed E-state index contributed by atoms with van der Waals surface area (Å²) < 4.78 is 40.7. The van der Waals surface area contributed by atoms with Crippen molar-refractivity contribution in [3.05, 3.63) is 47.0 Å². The number of carbonyl (C=O) groups is 2. The van der Waals surface area contributed by atoms with Crippen LogP contribution in [0.3, 0.4) is 0 Å². The Morgan fingerprint density at radius 1 is 0.812 bits per heavy atom. The summed E-state index contributed by atoms with van der Waals surface area (Å²) in [5.41, 5.74) is -0.284. The van der Waals surface area contributed by atoms with Crippen LogP contribution < -0.4 is 9.47 Å². The lowest BCUT2D eigenvalue weighted by Gasteiger charge is -2.28. The summed E-state index contributed by atoms with van der Waals surface area (Å²) >= 11 is 0. The van der Waals surface area contributed by atoms with Crippen LogP contribution in [-0.2, 0) is 0 Å². The third-order valence-corrected chi connectivity index (χ3v) is 6.25. The summed E-state index contributed by atoms with van der Waals surface area (Å²) in [7, 11) is 0. The molecule has 1 saturated carbocycles. The number of ether oxygens (including phenoxy) is 2. The van der Waals surface area contributed by atoms with Crippen molar-refractivity contribution < 1.29 is 27.8 Å². The fraction of sp³-hybridized carbons (Fsp3) is 0.462. The van der Waals surface area contributed by atoms with Crippen molar-refractivity contribution in [2.75, 3.05) is 13.2 Å². The van der Waals surface area contributed by atoms with Gasteiger partial charge in [0.05, 0.1) is 24.3 Å². The standard InChI is InChI=1S/C26H30F2O4/c1-3-5-17-6-8-18(9-7-17)16-32-24-13-11-20(22(15-30)26(24)28)19-10-12-23(31-4-2)25(27)21(19)14-29/h10-15,17-18H,3-9,16H2,1-2H3. The molecule has 0 radical (unpaired) electrons. The van der Waals surface area contributed by atoms with Crippen molar-refractivity contribution in [2.24, 2.45) is 11.8 Å². The Hall–Kier alpha value is -2.76. The molecule has 0 heterocycles. The van der Waals surface area contributed by atoms with E-state index in [2.05, 4.69) is 6.92 Å². The molecule has 172 valence electrons. The van der Waals surface area contributed by atoms with Crippen LogP contribution in [0.1, 0.15) is 73.1 Å². The van der Waals surface area contributed by atoms with Crippen LogP contribution in [-0.4, -0.2) is 25.8 Å². The highest BCUT2D eigenvalue weighted by atomic mass is 19.1. The molecule has 0 saturated heterocycles. The molecule has 0 amide bonds. The monoisotopic (exact) mass is 444 g/mol. The van der Waals surface area contributed by atoms with Gasteiger partial charge in [0.2, 0.25) is 0 Å². The molecule has 6 heteroatoms. The molecule has 32 heavy (non-hydrogen) atoms. The fourth-order valence-corrected chi connectivity index (χ4v) is 4.53. The summed E-state index contributed by atoms with van der Waals surface area (Å²) in [4.78, 5) is 23.3. The zero-order chi connectivity index (χ0) is 23.1. The first-order valence-corrected chi connectivity index (χ1v) is 11.3. The molecular formula is C26H30F2O4. The van der Waals surface area contributed by atoms with E-state index in [0.717, 1.165) is 18.8 Å². The molecule has 0 unspecified atom stereocenters.